The Morgan fingerprint density at radius 1 is 0.788 bits per heavy atom. The van der Waals surface area contributed by atoms with E-state index in [1.807, 2.05) is 13.8 Å². The van der Waals surface area contributed by atoms with E-state index in [0.29, 0.717) is 5.04 Å². The Morgan fingerprint density at radius 2 is 1.40 bits per heavy atom. The number of nitrogens with two attached hydrogens (primary N) is 1. The van der Waals surface area contributed by atoms with E-state index >= 15 is 0 Å². The number of allylic oxidation sites excluding steroid dienone is 5. The molecule has 0 spiro atoms. The van der Waals surface area contributed by atoms with E-state index in [1.54, 1.807) is 0 Å². The third-order valence-electron chi connectivity index (χ3n) is 10.6. The van der Waals surface area contributed by atoms with Gasteiger partial charge in [0.2, 0.25) is 0 Å². The van der Waals surface area contributed by atoms with Crippen molar-refractivity contribution < 1.29 is 0 Å². The molecule has 0 amide bonds. The predicted octanol–water partition coefficient (Wildman–Crippen LogP) is 12.0. The topological polar surface area (TPSA) is 74.3 Å². The van der Waals surface area contributed by atoms with E-state index in [1.165, 1.54) is 66.7 Å². The molecule has 1 aliphatic heterocycles. The molecule has 0 saturated heterocycles. The van der Waals surface area contributed by atoms with Crippen molar-refractivity contribution in [3.05, 3.63) is 156 Å². The molecule has 0 fully saturated rings. The number of hydrogen-bond donors (Lipinski definition) is 3. The van der Waals surface area contributed by atoms with Gasteiger partial charge >= 0.3 is 0 Å². The van der Waals surface area contributed by atoms with Crippen LogP contribution < -0.4 is 11.1 Å². The second kappa shape index (κ2) is 14.9. The third-order valence-corrected chi connectivity index (χ3v) is 11.9. The molecule has 5 heteroatoms. The average molecular weight is 699 g/mol. The molecule has 4 N–H and O–H groups in total. The van der Waals surface area contributed by atoms with Crippen LogP contribution in [0.1, 0.15) is 68.5 Å². The predicted molar refractivity (Wildman–Crippen MR) is 224 cm³/mol. The Bertz CT molecular complexity index is 2230. The molecule has 0 saturated carbocycles. The molecule has 52 heavy (non-hydrogen) atoms. The number of hydrogen-bond acceptors (Lipinski definition) is 5. The van der Waals surface area contributed by atoms with E-state index in [2.05, 4.69) is 139 Å². The first-order chi connectivity index (χ1) is 25.4. The maximum absolute atomic E-state index is 8.30. The van der Waals surface area contributed by atoms with Crippen molar-refractivity contribution in [2.24, 2.45) is 16.6 Å². The SMILES string of the molecule is CC(C)C(=N)SC(N)c1ccc(-c2c3ccccc3c(-c3ccc(C4CC(C5=CC=CCC5)N=C(C5=CCCC=C5)N4)cc3)c3ccccc23)cc1. The van der Waals surface area contributed by atoms with Crippen molar-refractivity contribution in [1.82, 2.24) is 5.32 Å². The Labute approximate surface area is 311 Å². The summed E-state index contributed by atoms with van der Waals surface area (Å²) in [6.07, 6.45) is 18.8. The van der Waals surface area contributed by atoms with Crippen LogP contribution in [0.15, 0.2) is 150 Å². The van der Waals surface area contributed by atoms with Crippen LogP contribution in [-0.2, 0) is 0 Å². The molecule has 5 aromatic rings. The van der Waals surface area contributed by atoms with Crippen LogP contribution >= 0.6 is 11.8 Å². The zero-order valence-electron chi connectivity index (χ0n) is 30.0. The highest BCUT2D eigenvalue weighted by molar-refractivity contribution is 8.14. The summed E-state index contributed by atoms with van der Waals surface area (Å²) in [5, 5.41) is 17.4. The molecule has 3 unspecified atom stereocenters. The normalized spacial score (nSPS) is 19.3. The zero-order valence-corrected chi connectivity index (χ0v) is 30.8. The van der Waals surface area contributed by atoms with Gasteiger partial charge in [-0.15, -0.1) is 0 Å². The molecule has 0 bridgehead atoms. The van der Waals surface area contributed by atoms with E-state index in [-0.39, 0.29) is 23.4 Å². The zero-order chi connectivity index (χ0) is 35.6. The number of benzene rings is 5. The standard InChI is InChI=1S/C47H46N4S/c1-30(2)45(48)52-46(49)35-27-25-34(26-28-35)44-39-19-11-9-17-37(39)43(38-18-10-12-20-40(38)44)33-23-21-32(22-24-33)42-29-41(31-13-5-3-6-14-31)50-47(51-42)36-15-7-4-8-16-36/h3,5,7,9-13,15-28,30,41-42,46,48H,4,6,8,14,29,49H2,1-2H3,(H,50,51). The smallest absolute Gasteiger partial charge is 0.129 e. The number of thioether (sulfide) groups is 1. The fourth-order valence-corrected chi connectivity index (χ4v) is 8.64. The summed E-state index contributed by atoms with van der Waals surface area (Å²) in [5.74, 6) is 1.19. The maximum atomic E-state index is 8.30. The van der Waals surface area contributed by atoms with Gasteiger partial charge in [0.05, 0.1) is 22.5 Å². The van der Waals surface area contributed by atoms with Gasteiger partial charge in [-0.25, -0.2) is 0 Å². The highest BCUT2D eigenvalue weighted by Crippen LogP contribution is 2.44. The van der Waals surface area contributed by atoms with Crippen molar-refractivity contribution in [2.75, 3.05) is 0 Å². The Kier molecular flexibility index (Phi) is 9.81. The third kappa shape index (κ3) is 6.83. The van der Waals surface area contributed by atoms with Gasteiger partial charge in [0.1, 0.15) is 5.84 Å². The van der Waals surface area contributed by atoms with Crippen LogP contribution in [0.4, 0.5) is 0 Å². The number of nitrogens with zero attached hydrogens (tertiary/aromatic N) is 1. The second-order valence-electron chi connectivity index (χ2n) is 14.4. The first-order valence-corrected chi connectivity index (χ1v) is 19.5. The summed E-state index contributed by atoms with van der Waals surface area (Å²) in [4.78, 5) is 5.27. The minimum absolute atomic E-state index is 0.171. The fraction of sp³-hybridized carbons (Fsp3) is 0.234. The van der Waals surface area contributed by atoms with Gasteiger partial charge in [0, 0.05) is 11.5 Å². The lowest BCUT2D eigenvalue weighted by Gasteiger charge is -2.33. The van der Waals surface area contributed by atoms with E-state index in [0.717, 1.165) is 49.1 Å². The Balaban J connectivity index is 1.15. The summed E-state index contributed by atoms with van der Waals surface area (Å²) < 4.78 is 0. The summed E-state index contributed by atoms with van der Waals surface area (Å²) >= 11 is 1.43. The molecule has 5 aromatic carbocycles. The molecule has 0 aromatic heterocycles. The molecular weight excluding hydrogens is 653 g/mol. The number of aliphatic imine (C=N–C) groups is 1. The molecule has 4 nitrogen and oxygen atoms in total. The summed E-state index contributed by atoms with van der Waals surface area (Å²) in [7, 11) is 0. The van der Waals surface area contributed by atoms with Gasteiger partial charge in [-0.05, 0) is 92.6 Å². The molecule has 8 rings (SSSR count). The highest BCUT2D eigenvalue weighted by Gasteiger charge is 2.28. The summed E-state index contributed by atoms with van der Waals surface area (Å²) in [6.45, 7) is 4.07. The molecule has 260 valence electrons. The quantitative estimate of drug-likeness (QED) is 0.0653. The molecule has 0 radical (unpaired) electrons. The largest absolute Gasteiger partial charge is 0.363 e. The van der Waals surface area contributed by atoms with Gasteiger partial charge in [-0.2, -0.15) is 0 Å². The lowest BCUT2D eigenvalue weighted by atomic mass is 9.85. The molecule has 1 heterocycles. The van der Waals surface area contributed by atoms with Gasteiger partial charge in [0.25, 0.3) is 0 Å². The summed E-state index contributed by atoms with van der Waals surface area (Å²) in [6, 6.07) is 35.9. The minimum atomic E-state index is -0.265. The summed E-state index contributed by atoms with van der Waals surface area (Å²) in [5.41, 5.74) is 16.4. The maximum Gasteiger partial charge on any atom is 0.129 e. The van der Waals surface area contributed by atoms with Crippen molar-refractivity contribution in [1.29, 1.82) is 5.41 Å². The molecular formula is C47H46N4S. The number of nitrogens with one attached hydrogen (secondary N) is 2. The van der Waals surface area contributed by atoms with Crippen LogP contribution in [-0.4, -0.2) is 16.9 Å². The van der Waals surface area contributed by atoms with Crippen LogP contribution in [0.2, 0.25) is 0 Å². The fourth-order valence-electron chi connectivity index (χ4n) is 7.81. The van der Waals surface area contributed by atoms with Crippen molar-refractivity contribution in [3.63, 3.8) is 0 Å². The van der Waals surface area contributed by atoms with Crippen molar-refractivity contribution in [2.45, 2.75) is 63.4 Å². The molecule has 3 aliphatic rings. The van der Waals surface area contributed by atoms with E-state index in [9.17, 15) is 0 Å². The number of rotatable bonds is 8. The highest BCUT2D eigenvalue weighted by atomic mass is 32.2. The molecule has 3 atom stereocenters. The Hall–Kier alpha value is -4.97. The van der Waals surface area contributed by atoms with Crippen LogP contribution in [0.3, 0.4) is 0 Å². The van der Waals surface area contributed by atoms with Crippen LogP contribution in [0.25, 0.3) is 43.8 Å². The van der Waals surface area contributed by atoms with E-state index < -0.39 is 0 Å². The van der Waals surface area contributed by atoms with E-state index in [4.69, 9.17) is 16.1 Å². The first-order valence-electron chi connectivity index (χ1n) is 18.7. The average Bonchev–Trinajstić information content (AvgIpc) is 3.20. The lowest BCUT2D eigenvalue weighted by Crippen LogP contribution is -2.38. The van der Waals surface area contributed by atoms with Crippen LogP contribution in [0, 0.1) is 11.3 Å². The van der Waals surface area contributed by atoms with Crippen molar-refractivity contribution in [3.8, 4) is 22.3 Å². The van der Waals surface area contributed by atoms with Gasteiger partial charge in [0.15, 0.2) is 0 Å². The second-order valence-corrected chi connectivity index (χ2v) is 15.6. The first kappa shape index (κ1) is 34.1. The van der Waals surface area contributed by atoms with Crippen LogP contribution in [0.5, 0.6) is 0 Å². The van der Waals surface area contributed by atoms with Gasteiger partial charge in [-0.1, -0.05) is 159 Å². The van der Waals surface area contributed by atoms with Gasteiger partial charge < -0.3 is 11.1 Å². The Morgan fingerprint density at radius 3 is 1.94 bits per heavy atom. The minimum Gasteiger partial charge on any atom is -0.363 e. The van der Waals surface area contributed by atoms with Crippen molar-refractivity contribution >= 4 is 44.2 Å². The number of fused-ring (bicyclic) bond motifs is 2. The number of amidine groups is 1. The molecule has 2 aliphatic carbocycles. The monoisotopic (exact) mass is 698 g/mol. The van der Waals surface area contributed by atoms with Gasteiger partial charge in [-0.3, -0.25) is 10.4 Å². The lowest BCUT2D eigenvalue weighted by molar-refractivity contribution is 0.504.